The van der Waals surface area contributed by atoms with Crippen LogP contribution in [-0.4, -0.2) is 43.4 Å². The second-order valence-electron chi connectivity index (χ2n) is 10.4. The van der Waals surface area contributed by atoms with Gasteiger partial charge in [0.05, 0.1) is 23.8 Å². The van der Waals surface area contributed by atoms with E-state index in [-0.39, 0.29) is 17.4 Å². The van der Waals surface area contributed by atoms with E-state index in [9.17, 15) is 14.0 Å². The number of anilines is 3. The normalized spacial score (nSPS) is 21.8. The highest BCUT2D eigenvalue weighted by atomic mass is 19.1. The number of rotatable bonds is 9. The van der Waals surface area contributed by atoms with Crippen molar-refractivity contribution in [3.8, 4) is 0 Å². The standard InChI is InChI=1S/C26H30FN7O2/c27-19-13-28-10-9-20(19)32-26(36)22-14-29-25-21(30-17-7-8-17)12-24(33-34(22)25)31-18-5-1-15(2-6-18)11-23(35)16-3-4-16/h9-10,12-18,30H,1-8,11H2,(H,31,33)(H,28,32,36). The van der Waals surface area contributed by atoms with Crippen molar-refractivity contribution in [2.75, 3.05) is 16.0 Å². The SMILES string of the molecule is O=C(Nc1ccncc1F)c1cnc2c(NC3CC3)cc(NC3CCC(CC(=O)C4CC4)CC3)nn12. The lowest BCUT2D eigenvalue weighted by Crippen LogP contribution is -2.28. The summed E-state index contributed by atoms with van der Waals surface area (Å²) >= 11 is 0. The molecule has 3 saturated carbocycles. The van der Waals surface area contributed by atoms with E-state index in [4.69, 9.17) is 0 Å². The van der Waals surface area contributed by atoms with E-state index in [1.54, 1.807) is 0 Å². The van der Waals surface area contributed by atoms with E-state index >= 15 is 0 Å². The molecule has 0 saturated heterocycles. The number of fused-ring (bicyclic) bond motifs is 1. The van der Waals surface area contributed by atoms with Crippen LogP contribution in [0.5, 0.6) is 0 Å². The first-order valence-corrected chi connectivity index (χ1v) is 12.9. The predicted octanol–water partition coefficient (Wildman–Crippen LogP) is 4.43. The first-order valence-electron chi connectivity index (χ1n) is 12.9. The van der Waals surface area contributed by atoms with E-state index < -0.39 is 11.7 Å². The Morgan fingerprint density at radius 1 is 0.972 bits per heavy atom. The molecule has 3 aliphatic rings. The average Bonchev–Trinajstić information content (AvgIpc) is 3.80. The minimum Gasteiger partial charge on any atom is -0.379 e. The number of hydrogen-bond acceptors (Lipinski definition) is 7. The minimum absolute atomic E-state index is 0.0486. The number of Topliss-reactive ketones (excluding diaryl/α,β-unsaturated/α-hetero) is 1. The number of pyridine rings is 1. The van der Waals surface area contributed by atoms with Crippen molar-refractivity contribution in [3.63, 3.8) is 0 Å². The smallest absolute Gasteiger partial charge is 0.276 e. The number of carbonyl (C=O) groups is 2. The van der Waals surface area contributed by atoms with E-state index in [1.807, 2.05) is 6.07 Å². The highest BCUT2D eigenvalue weighted by Crippen LogP contribution is 2.36. The summed E-state index contributed by atoms with van der Waals surface area (Å²) in [4.78, 5) is 33.4. The second kappa shape index (κ2) is 9.48. The van der Waals surface area contributed by atoms with Crippen molar-refractivity contribution in [2.45, 2.75) is 69.9 Å². The molecule has 188 valence electrons. The van der Waals surface area contributed by atoms with E-state index in [0.717, 1.165) is 69.7 Å². The zero-order valence-electron chi connectivity index (χ0n) is 20.0. The maximum Gasteiger partial charge on any atom is 0.276 e. The number of nitrogens with one attached hydrogen (secondary N) is 3. The molecule has 1 amide bonds. The molecule has 3 aliphatic carbocycles. The Balaban J connectivity index is 1.20. The monoisotopic (exact) mass is 491 g/mol. The Labute approximate surface area is 208 Å². The maximum absolute atomic E-state index is 14.0. The van der Waals surface area contributed by atoms with Crippen LogP contribution in [0.25, 0.3) is 5.65 Å². The largest absolute Gasteiger partial charge is 0.379 e. The molecule has 3 fully saturated rings. The predicted molar refractivity (Wildman–Crippen MR) is 133 cm³/mol. The zero-order chi connectivity index (χ0) is 24.6. The zero-order valence-corrected chi connectivity index (χ0v) is 20.0. The molecule has 0 spiro atoms. The number of halogens is 1. The molecule has 0 bridgehead atoms. The van der Waals surface area contributed by atoms with E-state index in [2.05, 4.69) is 31.0 Å². The summed E-state index contributed by atoms with van der Waals surface area (Å²) in [6.07, 6.45) is 13.0. The number of carbonyl (C=O) groups excluding carboxylic acids is 2. The molecule has 3 N–H and O–H groups in total. The summed E-state index contributed by atoms with van der Waals surface area (Å²) < 4.78 is 15.5. The fraction of sp³-hybridized carbons (Fsp3) is 0.500. The van der Waals surface area contributed by atoms with E-state index in [0.29, 0.717) is 35.1 Å². The number of ketones is 1. The van der Waals surface area contributed by atoms with Crippen LogP contribution in [0.15, 0.2) is 30.7 Å². The Hall–Kier alpha value is -3.56. The lowest BCUT2D eigenvalue weighted by atomic mass is 9.82. The summed E-state index contributed by atoms with van der Waals surface area (Å²) in [6.45, 7) is 0. The summed E-state index contributed by atoms with van der Waals surface area (Å²) in [5.41, 5.74) is 1.63. The number of imidazole rings is 1. The summed E-state index contributed by atoms with van der Waals surface area (Å²) in [6, 6.07) is 4.00. The van der Waals surface area contributed by atoms with Gasteiger partial charge in [-0.2, -0.15) is 0 Å². The molecule has 0 aromatic carbocycles. The third-order valence-electron chi connectivity index (χ3n) is 7.38. The third-order valence-corrected chi connectivity index (χ3v) is 7.38. The molecule has 9 nitrogen and oxygen atoms in total. The highest BCUT2D eigenvalue weighted by molar-refractivity contribution is 6.03. The first-order chi connectivity index (χ1) is 17.5. The lowest BCUT2D eigenvalue weighted by Gasteiger charge is -2.29. The van der Waals surface area contributed by atoms with Gasteiger partial charge in [0.2, 0.25) is 0 Å². The molecule has 0 atom stereocenters. The molecule has 3 aromatic heterocycles. The Morgan fingerprint density at radius 2 is 1.72 bits per heavy atom. The lowest BCUT2D eigenvalue weighted by molar-refractivity contribution is -0.121. The van der Waals surface area contributed by atoms with Crippen LogP contribution >= 0.6 is 0 Å². The summed E-state index contributed by atoms with van der Waals surface area (Å²) in [5.74, 6) is 0.815. The second-order valence-corrected chi connectivity index (χ2v) is 10.4. The molecule has 0 aliphatic heterocycles. The summed E-state index contributed by atoms with van der Waals surface area (Å²) in [7, 11) is 0. The summed E-state index contributed by atoms with van der Waals surface area (Å²) in [5, 5.41) is 14.3. The number of nitrogens with zero attached hydrogens (tertiary/aromatic N) is 4. The van der Waals surface area contributed by atoms with Gasteiger partial charge in [-0.3, -0.25) is 14.6 Å². The van der Waals surface area contributed by atoms with Crippen molar-refractivity contribution in [3.05, 3.63) is 42.2 Å². The molecule has 10 heteroatoms. The molecule has 0 unspecified atom stereocenters. The molecule has 0 radical (unpaired) electrons. The molecular weight excluding hydrogens is 461 g/mol. The van der Waals surface area contributed by atoms with E-state index in [1.165, 1.54) is 23.0 Å². The molecule has 3 aromatic rings. The number of hydrogen-bond donors (Lipinski definition) is 3. The van der Waals surface area contributed by atoms with Gasteiger partial charge in [-0.25, -0.2) is 13.9 Å². The van der Waals surface area contributed by atoms with Gasteiger partial charge in [-0.1, -0.05) is 0 Å². The van der Waals surface area contributed by atoms with Crippen molar-refractivity contribution in [1.29, 1.82) is 0 Å². The highest BCUT2D eigenvalue weighted by Gasteiger charge is 2.32. The van der Waals surface area contributed by atoms with Crippen molar-refractivity contribution in [1.82, 2.24) is 19.6 Å². The van der Waals surface area contributed by atoms with Crippen molar-refractivity contribution in [2.24, 2.45) is 11.8 Å². The van der Waals surface area contributed by atoms with Crippen molar-refractivity contribution >= 4 is 34.5 Å². The van der Waals surface area contributed by atoms with Gasteiger partial charge in [-0.05, 0) is 63.4 Å². The van der Waals surface area contributed by atoms with Crippen LogP contribution in [0.1, 0.15) is 68.3 Å². The third kappa shape index (κ3) is 5.03. The van der Waals surface area contributed by atoms with Crippen LogP contribution in [0.4, 0.5) is 21.6 Å². The van der Waals surface area contributed by atoms with Gasteiger partial charge in [0.1, 0.15) is 11.6 Å². The average molecular weight is 492 g/mol. The van der Waals surface area contributed by atoms with Gasteiger partial charge in [0.25, 0.3) is 5.91 Å². The topological polar surface area (TPSA) is 113 Å². The molecule has 36 heavy (non-hydrogen) atoms. The first kappa shape index (κ1) is 22.9. The fourth-order valence-electron chi connectivity index (χ4n) is 4.99. The van der Waals surface area contributed by atoms with Crippen LogP contribution < -0.4 is 16.0 Å². The number of amides is 1. The fourth-order valence-corrected chi connectivity index (χ4v) is 4.99. The quantitative estimate of drug-likeness (QED) is 0.406. The van der Waals surface area contributed by atoms with Gasteiger partial charge in [-0.15, -0.1) is 5.10 Å². The van der Waals surface area contributed by atoms with Gasteiger partial charge in [0.15, 0.2) is 17.2 Å². The Morgan fingerprint density at radius 3 is 2.44 bits per heavy atom. The number of aromatic nitrogens is 4. The molecule has 3 heterocycles. The molecule has 6 rings (SSSR count). The van der Waals surface area contributed by atoms with Gasteiger partial charge < -0.3 is 16.0 Å². The van der Waals surface area contributed by atoms with Crippen LogP contribution in [0.3, 0.4) is 0 Å². The maximum atomic E-state index is 14.0. The van der Waals surface area contributed by atoms with Crippen LogP contribution in [-0.2, 0) is 4.79 Å². The minimum atomic E-state index is -0.611. The molecular formula is C26H30FN7O2. The Kier molecular flexibility index (Phi) is 6.02. The van der Waals surface area contributed by atoms with Gasteiger partial charge >= 0.3 is 0 Å². The Bertz CT molecular complexity index is 1290. The van der Waals surface area contributed by atoms with Crippen LogP contribution in [0.2, 0.25) is 0 Å². The van der Waals surface area contributed by atoms with Crippen molar-refractivity contribution < 1.29 is 14.0 Å². The van der Waals surface area contributed by atoms with Gasteiger partial charge in [0, 0.05) is 36.7 Å². The van der Waals surface area contributed by atoms with Crippen LogP contribution in [0, 0.1) is 17.7 Å².